The van der Waals surface area contributed by atoms with E-state index in [1.54, 1.807) is 12.0 Å². The molecule has 0 aromatic heterocycles. The summed E-state index contributed by atoms with van der Waals surface area (Å²) >= 11 is 0. The fourth-order valence-electron chi connectivity index (χ4n) is 1.96. The lowest BCUT2D eigenvalue weighted by Crippen LogP contribution is -2.31. The molecule has 0 bridgehead atoms. The third-order valence-electron chi connectivity index (χ3n) is 3.06. The first-order valence-corrected chi connectivity index (χ1v) is 6.27. The smallest absolute Gasteiger partial charge is 0.317 e. The van der Waals surface area contributed by atoms with Crippen LogP contribution in [0.4, 0.5) is 4.79 Å². The van der Waals surface area contributed by atoms with Gasteiger partial charge >= 0.3 is 6.03 Å². The molecule has 0 spiro atoms. The number of carbonyl (C=O) groups excluding carboxylic acids is 1. The van der Waals surface area contributed by atoms with Crippen molar-refractivity contribution < 1.29 is 14.3 Å². The standard InChI is InChI=1S/C13H19N3O3/c1-18-11-3-2-10(9-14)12(8-11)19-7-6-16-5-4-15-13(16)17/h2-3,8H,4-7,9,14H2,1H3,(H,15,17). The van der Waals surface area contributed by atoms with Gasteiger partial charge in [0.15, 0.2) is 0 Å². The Hall–Kier alpha value is -1.95. The SMILES string of the molecule is COc1ccc(CN)c(OCCN2CCNC2=O)c1. The lowest BCUT2D eigenvalue weighted by Gasteiger charge is -2.16. The summed E-state index contributed by atoms with van der Waals surface area (Å²) in [5.41, 5.74) is 6.59. The van der Waals surface area contributed by atoms with Crippen LogP contribution in [0.3, 0.4) is 0 Å². The number of hydrogen-bond acceptors (Lipinski definition) is 4. The minimum Gasteiger partial charge on any atom is -0.497 e. The fourth-order valence-corrected chi connectivity index (χ4v) is 1.96. The number of nitrogens with two attached hydrogens (primary N) is 1. The molecule has 1 saturated heterocycles. The molecule has 0 radical (unpaired) electrons. The lowest BCUT2D eigenvalue weighted by molar-refractivity contribution is 0.202. The minimum atomic E-state index is -0.0340. The summed E-state index contributed by atoms with van der Waals surface area (Å²) in [5, 5.41) is 2.75. The van der Waals surface area contributed by atoms with Crippen molar-refractivity contribution >= 4 is 6.03 Å². The second-order valence-corrected chi connectivity index (χ2v) is 4.25. The number of nitrogens with zero attached hydrogens (tertiary/aromatic N) is 1. The van der Waals surface area contributed by atoms with Crippen LogP contribution in [-0.2, 0) is 6.54 Å². The molecule has 2 rings (SSSR count). The topological polar surface area (TPSA) is 76.8 Å². The van der Waals surface area contributed by atoms with Gasteiger partial charge in [0.25, 0.3) is 0 Å². The maximum atomic E-state index is 11.4. The molecule has 2 amide bonds. The molecule has 0 unspecified atom stereocenters. The van der Waals surface area contributed by atoms with E-state index >= 15 is 0 Å². The van der Waals surface area contributed by atoms with E-state index in [0.717, 1.165) is 17.9 Å². The summed E-state index contributed by atoms with van der Waals surface area (Å²) in [7, 11) is 1.61. The van der Waals surface area contributed by atoms with E-state index < -0.39 is 0 Å². The predicted octanol–water partition coefficient (Wildman–Crippen LogP) is 0.558. The Labute approximate surface area is 112 Å². The van der Waals surface area contributed by atoms with Crippen molar-refractivity contribution in [2.75, 3.05) is 33.4 Å². The molecule has 1 fully saturated rings. The van der Waals surface area contributed by atoms with Crippen LogP contribution in [-0.4, -0.2) is 44.3 Å². The van der Waals surface area contributed by atoms with E-state index in [1.165, 1.54) is 0 Å². The van der Waals surface area contributed by atoms with Gasteiger partial charge in [-0.1, -0.05) is 6.07 Å². The van der Waals surface area contributed by atoms with Crippen LogP contribution < -0.4 is 20.5 Å². The monoisotopic (exact) mass is 265 g/mol. The van der Waals surface area contributed by atoms with Gasteiger partial charge in [0.2, 0.25) is 0 Å². The Morgan fingerprint density at radius 3 is 2.95 bits per heavy atom. The second kappa shape index (κ2) is 6.29. The van der Waals surface area contributed by atoms with Gasteiger partial charge in [0.05, 0.1) is 13.7 Å². The molecule has 0 saturated carbocycles. The summed E-state index contributed by atoms with van der Waals surface area (Å²) in [6.45, 7) is 2.83. The van der Waals surface area contributed by atoms with Gasteiger partial charge in [-0.25, -0.2) is 4.79 Å². The molecule has 0 atom stereocenters. The number of carbonyl (C=O) groups is 1. The second-order valence-electron chi connectivity index (χ2n) is 4.25. The summed E-state index contributed by atoms with van der Waals surface area (Å²) < 4.78 is 10.9. The van der Waals surface area contributed by atoms with Crippen molar-refractivity contribution in [1.82, 2.24) is 10.2 Å². The summed E-state index contributed by atoms with van der Waals surface area (Å²) in [6, 6.07) is 5.51. The van der Waals surface area contributed by atoms with Gasteiger partial charge in [-0.15, -0.1) is 0 Å². The van der Waals surface area contributed by atoms with Crippen LogP contribution in [0.2, 0.25) is 0 Å². The Morgan fingerprint density at radius 1 is 1.47 bits per heavy atom. The fraction of sp³-hybridized carbons (Fsp3) is 0.462. The van der Waals surface area contributed by atoms with E-state index in [-0.39, 0.29) is 6.03 Å². The number of rotatable bonds is 6. The highest BCUT2D eigenvalue weighted by Gasteiger charge is 2.18. The number of nitrogens with one attached hydrogen (secondary N) is 1. The van der Waals surface area contributed by atoms with Crippen molar-refractivity contribution in [2.24, 2.45) is 5.73 Å². The number of ether oxygens (including phenoxy) is 2. The minimum absolute atomic E-state index is 0.0340. The Morgan fingerprint density at radius 2 is 2.32 bits per heavy atom. The summed E-state index contributed by atoms with van der Waals surface area (Å²) in [4.78, 5) is 13.1. The van der Waals surface area contributed by atoms with Crippen molar-refractivity contribution in [3.8, 4) is 11.5 Å². The van der Waals surface area contributed by atoms with Gasteiger partial charge in [0, 0.05) is 31.3 Å². The van der Waals surface area contributed by atoms with Crippen LogP contribution in [0.1, 0.15) is 5.56 Å². The highest BCUT2D eigenvalue weighted by Crippen LogP contribution is 2.24. The molecule has 6 heteroatoms. The molecule has 0 aliphatic carbocycles. The number of amides is 2. The average molecular weight is 265 g/mol. The molecular formula is C13H19N3O3. The van der Waals surface area contributed by atoms with E-state index in [4.69, 9.17) is 15.2 Å². The van der Waals surface area contributed by atoms with Crippen LogP contribution >= 0.6 is 0 Å². The zero-order valence-electron chi connectivity index (χ0n) is 11.0. The maximum Gasteiger partial charge on any atom is 0.317 e. The Bertz CT molecular complexity index is 451. The predicted molar refractivity (Wildman–Crippen MR) is 71.4 cm³/mol. The van der Waals surface area contributed by atoms with E-state index in [0.29, 0.717) is 32.0 Å². The molecule has 6 nitrogen and oxygen atoms in total. The van der Waals surface area contributed by atoms with E-state index in [9.17, 15) is 4.79 Å². The van der Waals surface area contributed by atoms with Gasteiger partial charge in [-0.3, -0.25) is 0 Å². The third-order valence-corrected chi connectivity index (χ3v) is 3.06. The van der Waals surface area contributed by atoms with Crippen molar-refractivity contribution in [1.29, 1.82) is 0 Å². The van der Waals surface area contributed by atoms with Crippen molar-refractivity contribution in [2.45, 2.75) is 6.54 Å². The van der Waals surface area contributed by atoms with E-state index in [1.807, 2.05) is 18.2 Å². The molecule has 19 heavy (non-hydrogen) atoms. The zero-order chi connectivity index (χ0) is 13.7. The van der Waals surface area contributed by atoms with Crippen LogP contribution in [0.25, 0.3) is 0 Å². The molecule has 1 aliphatic heterocycles. The quantitative estimate of drug-likeness (QED) is 0.788. The third kappa shape index (κ3) is 3.29. The maximum absolute atomic E-state index is 11.4. The molecular weight excluding hydrogens is 246 g/mol. The number of benzene rings is 1. The van der Waals surface area contributed by atoms with Gasteiger partial charge < -0.3 is 25.4 Å². The van der Waals surface area contributed by atoms with Crippen LogP contribution in [0.15, 0.2) is 18.2 Å². The van der Waals surface area contributed by atoms with Crippen LogP contribution in [0, 0.1) is 0 Å². The first-order chi connectivity index (χ1) is 9.24. The summed E-state index contributed by atoms with van der Waals surface area (Å²) in [5.74, 6) is 1.44. The first-order valence-electron chi connectivity index (χ1n) is 6.27. The van der Waals surface area contributed by atoms with Gasteiger partial charge in [-0.2, -0.15) is 0 Å². The van der Waals surface area contributed by atoms with Crippen LogP contribution in [0.5, 0.6) is 11.5 Å². The molecule has 1 aromatic carbocycles. The lowest BCUT2D eigenvalue weighted by atomic mass is 10.2. The molecule has 104 valence electrons. The molecule has 3 N–H and O–H groups in total. The zero-order valence-corrected chi connectivity index (χ0v) is 11.0. The number of hydrogen-bond donors (Lipinski definition) is 2. The molecule has 1 aromatic rings. The Kier molecular flexibility index (Phi) is 4.46. The molecule has 1 heterocycles. The average Bonchev–Trinajstić information content (AvgIpc) is 2.84. The first kappa shape index (κ1) is 13.5. The molecule has 1 aliphatic rings. The van der Waals surface area contributed by atoms with Crippen molar-refractivity contribution in [3.63, 3.8) is 0 Å². The summed E-state index contributed by atoms with van der Waals surface area (Å²) in [6.07, 6.45) is 0. The largest absolute Gasteiger partial charge is 0.497 e. The number of urea groups is 1. The number of methoxy groups -OCH3 is 1. The highest BCUT2D eigenvalue weighted by molar-refractivity contribution is 5.76. The van der Waals surface area contributed by atoms with Gasteiger partial charge in [0.1, 0.15) is 18.1 Å². The Balaban J connectivity index is 1.92. The highest BCUT2D eigenvalue weighted by atomic mass is 16.5. The van der Waals surface area contributed by atoms with Gasteiger partial charge in [-0.05, 0) is 6.07 Å². The van der Waals surface area contributed by atoms with Crippen molar-refractivity contribution in [3.05, 3.63) is 23.8 Å². The van der Waals surface area contributed by atoms with E-state index in [2.05, 4.69) is 5.32 Å². The normalized spacial score (nSPS) is 14.4.